The van der Waals surface area contributed by atoms with Crippen LogP contribution in [0.2, 0.25) is 0 Å². The average molecular weight is 394 g/mol. The SMILES string of the molecule is CC1(C)c2cc(OCC(O)CO)ccc2C(=O)c2c1[nH]c1c(F)c(C#N)ccc21. The van der Waals surface area contributed by atoms with E-state index in [9.17, 15) is 14.3 Å². The van der Waals surface area contributed by atoms with Crippen molar-refractivity contribution >= 4 is 16.7 Å². The van der Waals surface area contributed by atoms with E-state index in [0.29, 0.717) is 33.5 Å². The molecule has 6 nitrogen and oxygen atoms in total. The molecule has 4 rings (SSSR count). The van der Waals surface area contributed by atoms with Crippen LogP contribution < -0.4 is 4.74 Å². The molecular formula is C22H19FN2O4. The molecule has 0 amide bonds. The molecule has 1 aliphatic rings. The summed E-state index contributed by atoms with van der Waals surface area (Å²) in [4.78, 5) is 16.3. The zero-order valence-electron chi connectivity index (χ0n) is 15.9. The largest absolute Gasteiger partial charge is 0.491 e. The van der Waals surface area contributed by atoms with Crippen LogP contribution in [-0.2, 0) is 5.41 Å². The highest BCUT2D eigenvalue weighted by Gasteiger charge is 2.40. The number of H-pyrrole nitrogens is 1. The number of halogens is 1. The number of hydrogen-bond acceptors (Lipinski definition) is 5. The minimum absolute atomic E-state index is 0.0799. The highest BCUT2D eigenvalue weighted by Crippen LogP contribution is 2.45. The molecule has 0 radical (unpaired) electrons. The van der Waals surface area contributed by atoms with Crippen molar-refractivity contribution in [3.8, 4) is 11.8 Å². The lowest BCUT2D eigenvalue weighted by Gasteiger charge is -2.32. The molecule has 0 aliphatic heterocycles. The number of rotatable bonds is 4. The lowest BCUT2D eigenvalue weighted by atomic mass is 9.71. The highest BCUT2D eigenvalue weighted by molar-refractivity contribution is 6.20. The molecule has 0 fully saturated rings. The van der Waals surface area contributed by atoms with Crippen LogP contribution in [-0.4, -0.2) is 40.3 Å². The van der Waals surface area contributed by atoms with Gasteiger partial charge in [0, 0.05) is 22.1 Å². The fourth-order valence-electron chi connectivity index (χ4n) is 3.86. The number of aromatic amines is 1. The van der Waals surface area contributed by atoms with Gasteiger partial charge < -0.3 is 19.9 Å². The van der Waals surface area contributed by atoms with Crippen LogP contribution in [0.1, 0.15) is 46.6 Å². The lowest BCUT2D eigenvalue weighted by Crippen LogP contribution is -2.30. The van der Waals surface area contributed by atoms with Crippen molar-refractivity contribution in [2.24, 2.45) is 0 Å². The Morgan fingerprint density at radius 3 is 2.76 bits per heavy atom. The van der Waals surface area contributed by atoms with Crippen LogP contribution in [0.5, 0.6) is 5.75 Å². The molecule has 148 valence electrons. The molecular weight excluding hydrogens is 375 g/mol. The van der Waals surface area contributed by atoms with Crippen molar-refractivity contribution < 1.29 is 24.1 Å². The highest BCUT2D eigenvalue weighted by atomic mass is 19.1. The third-order valence-corrected chi connectivity index (χ3v) is 5.45. The summed E-state index contributed by atoms with van der Waals surface area (Å²) in [7, 11) is 0. The molecule has 0 saturated heterocycles. The Kier molecular flexibility index (Phi) is 4.41. The fourth-order valence-corrected chi connectivity index (χ4v) is 3.86. The second-order valence-electron chi connectivity index (χ2n) is 7.65. The van der Waals surface area contributed by atoms with Gasteiger partial charge in [0.15, 0.2) is 11.6 Å². The van der Waals surface area contributed by atoms with Gasteiger partial charge in [0.2, 0.25) is 0 Å². The Morgan fingerprint density at radius 2 is 2.07 bits per heavy atom. The van der Waals surface area contributed by atoms with Crippen LogP contribution in [0, 0.1) is 17.1 Å². The smallest absolute Gasteiger partial charge is 0.195 e. The second-order valence-corrected chi connectivity index (χ2v) is 7.65. The Morgan fingerprint density at radius 1 is 1.31 bits per heavy atom. The summed E-state index contributed by atoms with van der Waals surface area (Å²) in [5.74, 6) is -0.449. The molecule has 29 heavy (non-hydrogen) atoms. The second kappa shape index (κ2) is 6.69. The van der Waals surface area contributed by atoms with Crippen LogP contribution >= 0.6 is 0 Å². The summed E-state index contributed by atoms with van der Waals surface area (Å²) in [5.41, 5.74) is 1.58. The normalized spacial score (nSPS) is 15.5. The van der Waals surface area contributed by atoms with E-state index in [1.807, 2.05) is 19.9 Å². The first-order valence-corrected chi connectivity index (χ1v) is 9.15. The van der Waals surface area contributed by atoms with E-state index >= 15 is 0 Å². The maximum atomic E-state index is 14.7. The number of ketones is 1. The number of ether oxygens (including phenoxy) is 1. The van der Waals surface area contributed by atoms with E-state index < -0.39 is 23.9 Å². The number of carbonyl (C=O) groups excluding carboxylic acids is 1. The van der Waals surface area contributed by atoms with Gasteiger partial charge in [0.1, 0.15) is 24.5 Å². The number of aliphatic hydroxyl groups is 2. The molecule has 7 heteroatoms. The molecule has 1 heterocycles. The maximum absolute atomic E-state index is 14.7. The van der Waals surface area contributed by atoms with Gasteiger partial charge in [-0.1, -0.05) is 19.9 Å². The number of benzene rings is 2. The first kappa shape index (κ1) is 19.1. The fraction of sp³-hybridized carbons (Fsp3) is 0.273. The predicted octanol–water partition coefficient (Wildman–Crippen LogP) is 2.78. The summed E-state index contributed by atoms with van der Waals surface area (Å²) < 4.78 is 20.2. The van der Waals surface area contributed by atoms with Crippen LogP contribution in [0.3, 0.4) is 0 Å². The van der Waals surface area contributed by atoms with Crippen molar-refractivity contribution in [1.29, 1.82) is 5.26 Å². The average Bonchev–Trinajstić information content (AvgIpc) is 3.12. The molecule has 1 unspecified atom stereocenters. The van der Waals surface area contributed by atoms with Gasteiger partial charge in [0.25, 0.3) is 0 Å². The van der Waals surface area contributed by atoms with Crippen LogP contribution in [0.15, 0.2) is 30.3 Å². The summed E-state index contributed by atoms with van der Waals surface area (Å²) in [5, 5.41) is 28.0. The molecule has 0 saturated carbocycles. The molecule has 1 aromatic heterocycles. The third kappa shape index (κ3) is 2.80. The number of carbonyl (C=O) groups is 1. The molecule has 2 aromatic carbocycles. The van der Waals surface area contributed by atoms with E-state index in [4.69, 9.17) is 15.1 Å². The molecule has 3 aromatic rings. The Hall–Kier alpha value is -3.21. The van der Waals surface area contributed by atoms with Crippen molar-refractivity contribution in [2.45, 2.75) is 25.4 Å². The Labute approximate surface area is 166 Å². The maximum Gasteiger partial charge on any atom is 0.195 e. The molecule has 1 atom stereocenters. The topological polar surface area (TPSA) is 106 Å². The molecule has 0 spiro atoms. The van der Waals surface area contributed by atoms with Crippen LogP contribution in [0.25, 0.3) is 10.9 Å². The zero-order chi connectivity index (χ0) is 20.9. The number of hydrogen-bond donors (Lipinski definition) is 3. The van der Waals surface area contributed by atoms with E-state index in [2.05, 4.69) is 4.98 Å². The summed E-state index contributed by atoms with van der Waals surface area (Å²) in [6.45, 7) is 3.34. The van der Waals surface area contributed by atoms with Crippen molar-refractivity contribution in [2.75, 3.05) is 13.2 Å². The molecule has 1 aliphatic carbocycles. The monoisotopic (exact) mass is 394 g/mol. The van der Waals surface area contributed by atoms with E-state index in [-0.39, 0.29) is 23.5 Å². The van der Waals surface area contributed by atoms with Crippen molar-refractivity contribution in [3.63, 3.8) is 0 Å². The quantitative estimate of drug-likeness (QED) is 0.631. The third-order valence-electron chi connectivity index (χ3n) is 5.45. The molecule has 0 bridgehead atoms. The predicted molar refractivity (Wildman–Crippen MR) is 104 cm³/mol. The number of nitrogens with zero attached hydrogens (tertiary/aromatic N) is 1. The first-order chi connectivity index (χ1) is 13.8. The summed E-state index contributed by atoms with van der Waals surface area (Å²) >= 11 is 0. The minimum Gasteiger partial charge on any atom is -0.491 e. The zero-order valence-corrected chi connectivity index (χ0v) is 15.9. The summed E-state index contributed by atoms with van der Waals surface area (Å²) in [6, 6.07) is 9.80. The minimum atomic E-state index is -1.00. The number of nitriles is 1. The van der Waals surface area contributed by atoms with E-state index in [1.165, 1.54) is 6.07 Å². The van der Waals surface area contributed by atoms with Gasteiger partial charge in [-0.05, 0) is 29.8 Å². The molecule has 3 N–H and O–H groups in total. The number of fused-ring (bicyclic) bond motifs is 4. The van der Waals surface area contributed by atoms with Gasteiger partial charge in [-0.3, -0.25) is 4.79 Å². The lowest BCUT2D eigenvalue weighted by molar-refractivity contribution is 0.0535. The Bertz CT molecular complexity index is 1190. The van der Waals surface area contributed by atoms with Gasteiger partial charge in [-0.15, -0.1) is 0 Å². The van der Waals surface area contributed by atoms with Crippen LogP contribution in [0.4, 0.5) is 4.39 Å². The van der Waals surface area contributed by atoms with Crippen molar-refractivity contribution in [3.05, 3.63) is 64.1 Å². The van der Waals surface area contributed by atoms with Gasteiger partial charge in [0.05, 0.1) is 23.3 Å². The first-order valence-electron chi connectivity index (χ1n) is 9.15. The standard InChI is InChI=1S/C22H19FN2O4/c1-22(2)16-7-13(29-10-12(27)9-26)4-6-14(16)20(28)17-15-5-3-11(8-24)18(23)19(15)25-21(17)22/h3-7,12,25-27H,9-10H2,1-2H3. The Balaban J connectivity index is 1.87. The number of nitrogens with one attached hydrogen (secondary N) is 1. The van der Waals surface area contributed by atoms with Crippen molar-refractivity contribution in [1.82, 2.24) is 4.98 Å². The van der Waals surface area contributed by atoms with Gasteiger partial charge in [-0.25, -0.2) is 4.39 Å². The summed E-state index contributed by atoms with van der Waals surface area (Å²) in [6.07, 6.45) is -1.00. The van der Waals surface area contributed by atoms with Gasteiger partial charge >= 0.3 is 0 Å². The number of aliphatic hydroxyl groups excluding tert-OH is 2. The van der Waals surface area contributed by atoms with Gasteiger partial charge in [-0.2, -0.15) is 5.26 Å². The van der Waals surface area contributed by atoms with E-state index in [0.717, 1.165) is 0 Å². The number of aromatic nitrogens is 1. The van der Waals surface area contributed by atoms with E-state index in [1.54, 1.807) is 24.3 Å².